The summed E-state index contributed by atoms with van der Waals surface area (Å²) in [5.74, 6) is -4.68. The maximum absolute atomic E-state index is 15.1. The van der Waals surface area contributed by atoms with Crippen molar-refractivity contribution in [2.24, 2.45) is 5.92 Å². The van der Waals surface area contributed by atoms with Gasteiger partial charge in [0, 0.05) is 61.4 Å². The largest absolute Gasteiger partial charge is 0.383 e. The van der Waals surface area contributed by atoms with Crippen molar-refractivity contribution in [1.29, 1.82) is 5.41 Å². The van der Waals surface area contributed by atoms with Crippen molar-refractivity contribution in [2.75, 3.05) is 25.6 Å². The van der Waals surface area contributed by atoms with Crippen molar-refractivity contribution >= 4 is 34.0 Å². The quantitative estimate of drug-likeness (QED) is 0.0767. The molecule has 0 bridgehead atoms. The minimum absolute atomic E-state index is 0.111. The van der Waals surface area contributed by atoms with E-state index in [4.69, 9.17) is 31.7 Å². The fourth-order valence-electron chi connectivity index (χ4n) is 7.14. The molecule has 1 aliphatic rings. The first-order valence-corrected chi connectivity index (χ1v) is 18.1. The van der Waals surface area contributed by atoms with Crippen molar-refractivity contribution in [3.05, 3.63) is 91.6 Å². The van der Waals surface area contributed by atoms with Gasteiger partial charge < -0.3 is 15.5 Å². The van der Waals surface area contributed by atoms with E-state index in [2.05, 4.69) is 5.32 Å². The van der Waals surface area contributed by atoms with Crippen LogP contribution in [0.2, 0.25) is 5.02 Å². The van der Waals surface area contributed by atoms with Crippen LogP contribution < -0.4 is 10.9 Å². The maximum Gasteiger partial charge on any atom is 0.269 e. The zero-order valence-corrected chi connectivity index (χ0v) is 30.6. The highest BCUT2D eigenvalue weighted by molar-refractivity contribution is 6.34. The van der Waals surface area contributed by atoms with Gasteiger partial charge in [0.05, 0.1) is 23.0 Å². The molecule has 2 aromatic heterocycles. The van der Waals surface area contributed by atoms with E-state index in [0.29, 0.717) is 76.3 Å². The molecule has 0 saturated heterocycles. The minimum atomic E-state index is -2.73. The molecule has 5 rings (SSSR count). The van der Waals surface area contributed by atoms with Crippen molar-refractivity contribution < 1.29 is 22.3 Å². The van der Waals surface area contributed by atoms with Crippen LogP contribution in [-0.4, -0.2) is 46.4 Å². The highest BCUT2D eigenvalue weighted by Gasteiger charge is 2.36. The van der Waals surface area contributed by atoms with Gasteiger partial charge in [-0.15, -0.1) is 0 Å². The summed E-state index contributed by atoms with van der Waals surface area (Å²) in [5.41, 5.74) is 3.12. The van der Waals surface area contributed by atoms with Crippen LogP contribution in [0.25, 0.3) is 16.7 Å². The van der Waals surface area contributed by atoms with Gasteiger partial charge in [0.1, 0.15) is 22.8 Å². The first kappa shape index (κ1) is 38.4. The Balaban J connectivity index is 1.84. The van der Waals surface area contributed by atoms with Crippen LogP contribution in [0.3, 0.4) is 0 Å². The number of hydrogen-bond acceptors (Lipinski definition) is 6. The second-order valence-corrected chi connectivity index (χ2v) is 14.1. The molecule has 274 valence electrons. The SMILES string of the molecule is CCCC(=N)c1c(Cl)ccc(-n2c(C(Cc3cc(F)cc(F)c3)C(C)CC)nc3nc(C4CCC(F)(F)CC4)cc(NCCOC)c3c2=O)c1C. The number of halogens is 5. The number of anilines is 1. The van der Waals surface area contributed by atoms with Crippen LogP contribution in [-0.2, 0) is 11.2 Å². The third kappa shape index (κ3) is 8.46. The predicted octanol–water partition coefficient (Wildman–Crippen LogP) is 9.91. The van der Waals surface area contributed by atoms with Crippen LogP contribution in [0.4, 0.5) is 23.2 Å². The number of alkyl halides is 2. The number of rotatable bonds is 14. The lowest BCUT2D eigenvalue weighted by atomic mass is 9.84. The molecular weight excluding hydrogens is 682 g/mol. The fraction of sp³-hybridized carbons (Fsp3) is 0.487. The number of ether oxygens (including phenoxy) is 1. The second-order valence-electron chi connectivity index (χ2n) is 13.7. The van der Waals surface area contributed by atoms with Gasteiger partial charge in [-0.05, 0) is 80.0 Å². The van der Waals surface area contributed by atoms with Gasteiger partial charge >= 0.3 is 0 Å². The van der Waals surface area contributed by atoms with E-state index in [1.807, 2.05) is 27.7 Å². The Morgan fingerprint density at radius 3 is 2.43 bits per heavy atom. The minimum Gasteiger partial charge on any atom is -0.383 e. The Morgan fingerprint density at radius 1 is 1.12 bits per heavy atom. The molecule has 1 saturated carbocycles. The lowest BCUT2D eigenvalue weighted by Crippen LogP contribution is -2.31. The number of aromatic nitrogens is 3. The molecule has 1 fully saturated rings. The Kier molecular flexibility index (Phi) is 12.2. The smallest absolute Gasteiger partial charge is 0.269 e. The van der Waals surface area contributed by atoms with Gasteiger partial charge in [-0.1, -0.05) is 45.2 Å². The van der Waals surface area contributed by atoms with E-state index < -0.39 is 29.0 Å². The van der Waals surface area contributed by atoms with Crippen LogP contribution in [0.5, 0.6) is 0 Å². The molecule has 0 radical (unpaired) electrons. The number of hydrogen-bond donors (Lipinski definition) is 2. The van der Waals surface area contributed by atoms with E-state index in [-0.39, 0.29) is 55.0 Å². The molecule has 51 heavy (non-hydrogen) atoms. The number of fused-ring (bicyclic) bond motifs is 1. The molecule has 2 aromatic carbocycles. The number of methoxy groups -OCH3 is 1. The predicted molar refractivity (Wildman–Crippen MR) is 195 cm³/mol. The molecule has 2 unspecified atom stereocenters. The van der Waals surface area contributed by atoms with Crippen molar-refractivity contribution in [1.82, 2.24) is 14.5 Å². The van der Waals surface area contributed by atoms with E-state index in [9.17, 15) is 17.6 Å². The fourth-order valence-corrected chi connectivity index (χ4v) is 7.46. The molecule has 2 atom stereocenters. The Hall–Kier alpha value is -3.83. The maximum atomic E-state index is 15.1. The van der Waals surface area contributed by atoms with E-state index >= 15 is 4.79 Å². The number of nitrogens with one attached hydrogen (secondary N) is 2. The van der Waals surface area contributed by atoms with Crippen LogP contribution in [0.1, 0.15) is 106 Å². The summed E-state index contributed by atoms with van der Waals surface area (Å²) in [7, 11) is 1.57. The third-order valence-corrected chi connectivity index (χ3v) is 10.4. The summed E-state index contributed by atoms with van der Waals surface area (Å²) < 4.78 is 64.1. The standard InChI is InChI=1S/C39H46ClF4N5O2/c1-6-8-30(45)34-23(4)33(10-9-29(34)40)49-37(28(22(3)7-2)19-24-17-26(41)20-27(42)18-24)48-36-35(38(49)50)32(46-15-16-51-5)21-31(47-36)25-11-13-39(43,44)14-12-25/h9-10,17-18,20-22,25,28,45H,6-8,11-16,19H2,1-5H3,(H,46,47). The van der Waals surface area contributed by atoms with Gasteiger partial charge in [-0.25, -0.2) is 27.5 Å². The zero-order valence-electron chi connectivity index (χ0n) is 29.8. The summed E-state index contributed by atoms with van der Waals surface area (Å²) in [6, 6.07) is 8.55. The highest BCUT2D eigenvalue weighted by atomic mass is 35.5. The molecule has 2 heterocycles. The number of benzene rings is 2. The van der Waals surface area contributed by atoms with E-state index in [1.54, 1.807) is 25.3 Å². The molecule has 12 heteroatoms. The first-order chi connectivity index (χ1) is 24.3. The average molecular weight is 728 g/mol. The molecular formula is C39H46ClF4N5O2. The lowest BCUT2D eigenvalue weighted by Gasteiger charge is -2.29. The topological polar surface area (TPSA) is 92.9 Å². The van der Waals surface area contributed by atoms with Gasteiger partial charge in [0.25, 0.3) is 5.56 Å². The zero-order chi connectivity index (χ0) is 37.0. The van der Waals surface area contributed by atoms with Crippen LogP contribution in [0, 0.1) is 29.9 Å². The summed E-state index contributed by atoms with van der Waals surface area (Å²) >= 11 is 6.68. The monoisotopic (exact) mass is 727 g/mol. The van der Waals surface area contributed by atoms with Gasteiger partial charge in [-0.2, -0.15) is 0 Å². The molecule has 1 aliphatic carbocycles. The van der Waals surface area contributed by atoms with Crippen molar-refractivity contribution in [3.8, 4) is 5.69 Å². The van der Waals surface area contributed by atoms with Crippen molar-refractivity contribution in [2.45, 2.75) is 96.8 Å². The molecule has 0 aliphatic heterocycles. The lowest BCUT2D eigenvalue weighted by molar-refractivity contribution is -0.0384. The normalized spacial score (nSPS) is 16.0. The van der Waals surface area contributed by atoms with Crippen LogP contribution >= 0.6 is 11.6 Å². The number of nitrogens with zero attached hydrogens (tertiary/aromatic N) is 3. The van der Waals surface area contributed by atoms with E-state index in [0.717, 1.165) is 12.5 Å². The summed E-state index contributed by atoms with van der Waals surface area (Å²) in [5, 5.41) is 12.7. The van der Waals surface area contributed by atoms with Gasteiger partial charge in [0.15, 0.2) is 5.65 Å². The Morgan fingerprint density at radius 2 is 1.80 bits per heavy atom. The highest BCUT2D eigenvalue weighted by Crippen LogP contribution is 2.42. The Labute approximate surface area is 301 Å². The second kappa shape index (κ2) is 16.2. The molecule has 0 amide bonds. The molecule has 4 aromatic rings. The molecule has 2 N–H and O–H groups in total. The summed E-state index contributed by atoms with van der Waals surface area (Å²) in [4.78, 5) is 25.1. The third-order valence-electron chi connectivity index (χ3n) is 10.1. The van der Waals surface area contributed by atoms with Crippen LogP contribution in [0.15, 0.2) is 41.2 Å². The van der Waals surface area contributed by atoms with Gasteiger partial charge in [0.2, 0.25) is 5.92 Å². The first-order valence-electron chi connectivity index (χ1n) is 17.7. The Bertz CT molecular complexity index is 1940. The number of pyridine rings is 1. The average Bonchev–Trinajstić information content (AvgIpc) is 3.07. The van der Waals surface area contributed by atoms with Gasteiger partial charge in [-0.3, -0.25) is 9.36 Å². The summed E-state index contributed by atoms with van der Waals surface area (Å²) in [6.45, 7) is 8.49. The summed E-state index contributed by atoms with van der Waals surface area (Å²) in [6.07, 6.45) is 2.01. The van der Waals surface area contributed by atoms with Crippen molar-refractivity contribution in [3.63, 3.8) is 0 Å². The molecule has 7 nitrogen and oxygen atoms in total. The molecule has 0 spiro atoms. The van der Waals surface area contributed by atoms with E-state index in [1.165, 1.54) is 16.7 Å².